The second-order valence-corrected chi connectivity index (χ2v) is 4.45. The van der Waals surface area contributed by atoms with Crippen molar-refractivity contribution in [1.82, 2.24) is 5.32 Å². The van der Waals surface area contributed by atoms with Gasteiger partial charge in [0.25, 0.3) is 0 Å². The van der Waals surface area contributed by atoms with Crippen LogP contribution in [0.25, 0.3) is 0 Å². The summed E-state index contributed by atoms with van der Waals surface area (Å²) >= 11 is 3.25. The standard InChI is InChI=1S/C12H14BrF2NO2/c1-18-7-9(6-13)16-12(17)5-8-2-3-10(14)11(15)4-8/h2-4,9H,5-7H2,1H3,(H,16,17). The van der Waals surface area contributed by atoms with Crippen molar-refractivity contribution in [2.75, 3.05) is 19.0 Å². The minimum absolute atomic E-state index is 0.00438. The lowest BCUT2D eigenvalue weighted by Crippen LogP contribution is -2.40. The highest BCUT2D eigenvalue weighted by Crippen LogP contribution is 2.09. The van der Waals surface area contributed by atoms with E-state index in [-0.39, 0.29) is 18.4 Å². The van der Waals surface area contributed by atoms with Gasteiger partial charge in [0.15, 0.2) is 11.6 Å². The minimum atomic E-state index is -0.950. The van der Waals surface area contributed by atoms with Crippen molar-refractivity contribution in [3.63, 3.8) is 0 Å². The van der Waals surface area contributed by atoms with E-state index in [1.807, 2.05) is 0 Å². The molecule has 1 N–H and O–H groups in total. The van der Waals surface area contributed by atoms with E-state index in [4.69, 9.17) is 4.74 Å². The monoisotopic (exact) mass is 321 g/mol. The number of hydrogen-bond donors (Lipinski definition) is 1. The van der Waals surface area contributed by atoms with Gasteiger partial charge in [-0.2, -0.15) is 0 Å². The van der Waals surface area contributed by atoms with Crippen LogP contribution in [0.2, 0.25) is 0 Å². The average molecular weight is 322 g/mol. The summed E-state index contributed by atoms with van der Waals surface area (Å²) < 4.78 is 30.6. The van der Waals surface area contributed by atoms with Gasteiger partial charge in [0.2, 0.25) is 5.91 Å². The van der Waals surface area contributed by atoms with Crippen molar-refractivity contribution in [3.8, 4) is 0 Å². The van der Waals surface area contributed by atoms with Crippen LogP contribution in [0.4, 0.5) is 8.78 Å². The highest BCUT2D eigenvalue weighted by atomic mass is 79.9. The lowest BCUT2D eigenvalue weighted by Gasteiger charge is -2.15. The maximum absolute atomic E-state index is 12.9. The molecule has 0 heterocycles. The van der Waals surface area contributed by atoms with Gasteiger partial charge in [-0.05, 0) is 17.7 Å². The first-order valence-electron chi connectivity index (χ1n) is 5.35. The zero-order valence-electron chi connectivity index (χ0n) is 9.88. The molecule has 1 rings (SSSR count). The number of rotatable bonds is 6. The topological polar surface area (TPSA) is 38.3 Å². The molecule has 0 fully saturated rings. The molecular formula is C12H14BrF2NO2. The molecule has 0 aliphatic rings. The second kappa shape index (κ2) is 7.43. The Balaban J connectivity index is 2.55. The third kappa shape index (κ3) is 4.70. The summed E-state index contributed by atoms with van der Waals surface area (Å²) in [5.74, 6) is -2.13. The smallest absolute Gasteiger partial charge is 0.224 e. The molecular weight excluding hydrogens is 308 g/mol. The van der Waals surface area contributed by atoms with Crippen LogP contribution in [0.1, 0.15) is 5.56 Å². The normalized spacial score (nSPS) is 12.2. The van der Waals surface area contributed by atoms with E-state index in [0.29, 0.717) is 17.5 Å². The fourth-order valence-corrected chi connectivity index (χ4v) is 1.79. The van der Waals surface area contributed by atoms with Gasteiger partial charge >= 0.3 is 0 Å². The van der Waals surface area contributed by atoms with Gasteiger partial charge < -0.3 is 10.1 Å². The number of nitrogens with one attached hydrogen (secondary N) is 1. The molecule has 0 saturated heterocycles. The number of carbonyl (C=O) groups is 1. The third-order valence-corrected chi connectivity index (χ3v) is 3.05. The van der Waals surface area contributed by atoms with Gasteiger partial charge in [-0.25, -0.2) is 8.78 Å². The summed E-state index contributed by atoms with van der Waals surface area (Å²) in [5, 5.41) is 3.28. The zero-order valence-corrected chi connectivity index (χ0v) is 11.5. The zero-order chi connectivity index (χ0) is 13.5. The van der Waals surface area contributed by atoms with E-state index in [1.54, 1.807) is 0 Å². The Kier molecular flexibility index (Phi) is 6.21. The minimum Gasteiger partial charge on any atom is -0.383 e. The first kappa shape index (κ1) is 15.0. The molecule has 100 valence electrons. The fraction of sp³-hybridized carbons (Fsp3) is 0.417. The number of carbonyl (C=O) groups excluding carboxylic acids is 1. The van der Waals surface area contributed by atoms with Gasteiger partial charge in [0, 0.05) is 12.4 Å². The van der Waals surface area contributed by atoms with E-state index in [1.165, 1.54) is 13.2 Å². The first-order chi connectivity index (χ1) is 8.56. The molecule has 0 aliphatic carbocycles. The molecule has 0 saturated carbocycles. The lowest BCUT2D eigenvalue weighted by atomic mass is 10.1. The van der Waals surface area contributed by atoms with Crippen molar-refractivity contribution in [2.45, 2.75) is 12.5 Å². The first-order valence-corrected chi connectivity index (χ1v) is 6.47. The number of ether oxygens (including phenoxy) is 1. The van der Waals surface area contributed by atoms with Gasteiger partial charge in [-0.1, -0.05) is 22.0 Å². The predicted molar refractivity (Wildman–Crippen MR) is 67.7 cm³/mol. The van der Waals surface area contributed by atoms with E-state index in [0.717, 1.165) is 12.1 Å². The van der Waals surface area contributed by atoms with Crippen LogP contribution in [0, 0.1) is 11.6 Å². The van der Waals surface area contributed by atoms with Crippen molar-refractivity contribution in [1.29, 1.82) is 0 Å². The van der Waals surface area contributed by atoms with Gasteiger partial charge in [-0.3, -0.25) is 4.79 Å². The molecule has 1 amide bonds. The molecule has 0 aromatic heterocycles. The number of benzene rings is 1. The summed E-state index contributed by atoms with van der Waals surface area (Å²) in [6.07, 6.45) is 0.00438. The van der Waals surface area contributed by atoms with Gasteiger partial charge in [0.05, 0.1) is 19.1 Å². The van der Waals surface area contributed by atoms with Gasteiger partial charge in [-0.15, -0.1) is 0 Å². The van der Waals surface area contributed by atoms with E-state index in [9.17, 15) is 13.6 Å². The summed E-state index contributed by atoms with van der Waals surface area (Å²) in [6.45, 7) is 0.384. The third-order valence-electron chi connectivity index (χ3n) is 2.27. The Morgan fingerprint density at radius 2 is 2.17 bits per heavy atom. The molecule has 18 heavy (non-hydrogen) atoms. The van der Waals surface area contributed by atoms with Crippen LogP contribution in [0.5, 0.6) is 0 Å². The summed E-state index contributed by atoms with van der Waals surface area (Å²) in [4.78, 5) is 11.6. The second-order valence-electron chi connectivity index (χ2n) is 3.80. The molecule has 1 unspecified atom stereocenters. The largest absolute Gasteiger partial charge is 0.383 e. The summed E-state index contributed by atoms with van der Waals surface area (Å²) in [7, 11) is 1.54. The Morgan fingerprint density at radius 1 is 1.44 bits per heavy atom. The molecule has 6 heteroatoms. The van der Waals surface area contributed by atoms with Gasteiger partial charge in [0.1, 0.15) is 0 Å². The van der Waals surface area contributed by atoms with E-state index in [2.05, 4.69) is 21.2 Å². The highest BCUT2D eigenvalue weighted by Gasteiger charge is 2.12. The maximum Gasteiger partial charge on any atom is 0.224 e. The number of amides is 1. The number of alkyl halides is 1. The SMILES string of the molecule is COCC(CBr)NC(=O)Cc1ccc(F)c(F)c1. The molecule has 1 aromatic rings. The Hall–Kier alpha value is -1.01. The Bertz CT molecular complexity index is 415. The number of methoxy groups -OCH3 is 1. The summed E-state index contributed by atoms with van der Waals surface area (Å²) in [6, 6.07) is 3.27. The van der Waals surface area contributed by atoms with Crippen LogP contribution in [0.15, 0.2) is 18.2 Å². The van der Waals surface area contributed by atoms with Crippen molar-refractivity contribution < 1.29 is 18.3 Å². The van der Waals surface area contributed by atoms with Crippen molar-refractivity contribution in [2.24, 2.45) is 0 Å². The predicted octanol–water partition coefficient (Wildman–Crippen LogP) is 2.03. The fourth-order valence-electron chi connectivity index (χ4n) is 1.44. The molecule has 0 radical (unpaired) electrons. The quantitative estimate of drug-likeness (QED) is 0.814. The molecule has 1 atom stereocenters. The average Bonchev–Trinajstić information content (AvgIpc) is 2.33. The molecule has 1 aromatic carbocycles. The molecule has 3 nitrogen and oxygen atoms in total. The van der Waals surface area contributed by atoms with Crippen molar-refractivity contribution in [3.05, 3.63) is 35.4 Å². The Labute approximate surface area is 113 Å². The van der Waals surface area contributed by atoms with Crippen LogP contribution >= 0.6 is 15.9 Å². The molecule has 0 spiro atoms. The van der Waals surface area contributed by atoms with Crippen LogP contribution in [-0.2, 0) is 16.0 Å². The number of hydrogen-bond acceptors (Lipinski definition) is 2. The van der Waals surface area contributed by atoms with Crippen molar-refractivity contribution >= 4 is 21.8 Å². The lowest BCUT2D eigenvalue weighted by molar-refractivity contribution is -0.121. The molecule has 0 aliphatic heterocycles. The summed E-state index contributed by atoms with van der Waals surface area (Å²) in [5.41, 5.74) is 0.428. The van der Waals surface area contributed by atoms with Crippen LogP contribution in [-0.4, -0.2) is 31.0 Å². The van der Waals surface area contributed by atoms with Crippen LogP contribution in [0.3, 0.4) is 0 Å². The highest BCUT2D eigenvalue weighted by molar-refractivity contribution is 9.09. The number of halogens is 3. The maximum atomic E-state index is 12.9. The molecule has 0 bridgehead atoms. The van der Waals surface area contributed by atoms with E-state index < -0.39 is 11.6 Å². The van der Waals surface area contributed by atoms with Crippen LogP contribution < -0.4 is 5.32 Å². The Morgan fingerprint density at radius 3 is 2.72 bits per heavy atom. The van der Waals surface area contributed by atoms with E-state index >= 15 is 0 Å².